The van der Waals surface area contributed by atoms with E-state index in [9.17, 15) is 0 Å². The van der Waals surface area contributed by atoms with Crippen LogP contribution in [0.15, 0.2) is 22.7 Å². The molecule has 1 saturated heterocycles. The first-order chi connectivity index (χ1) is 7.25. The van der Waals surface area contributed by atoms with E-state index in [0.29, 0.717) is 6.04 Å². The summed E-state index contributed by atoms with van der Waals surface area (Å²) in [6.45, 7) is 3.98. The molecule has 2 nitrogen and oxygen atoms in total. The third-order valence-corrected chi connectivity index (χ3v) is 3.25. The average Bonchev–Trinajstić information content (AvgIpc) is 2.72. The number of hydrogen-bond donors (Lipinski definition) is 1. The Morgan fingerprint density at radius 3 is 3.13 bits per heavy atom. The molecule has 3 heteroatoms. The molecule has 82 valence electrons. The van der Waals surface area contributed by atoms with Crippen LogP contribution in [0.5, 0.6) is 5.75 Å². The molecule has 15 heavy (non-hydrogen) atoms. The fourth-order valence-corrected chi connectivity index (χ4v) is 2.16. The van der Waals surface area contributed by atoms with Crippen molar-refractivity contribution in [2.45, 2.75) is 25.8 Å². The smallest absolute Gasteiger partial charge is 0.123 e. The lowest BCUT2D eigenvalue weighted by Crippen LogP contribution is -2.28. The standard InChI is InChI=1S/C12H16BrNO/c1-9-4-5-10(13)7-12(9)15-8-11-3-2-6-14-11/h4-5,7,11,14H,2-3,6,8H2,1H3/t11-/m0/s1. The molecular weight excluding hydrogens is 254 g/mol. The quantitative estimate of drug-likeness (QED) is 0.911. The first-order valence-electron chi connectivity index (χ1n) is 5.38. The van der Waals surface area contributed by atoms with Crippen molar-refractivity contribution in [3.8, 4) is 5.75 Å². The SMILES string of the molecule is Cc1ccc(Br)cc1OC[C@@H]1CCCN1. The fraction of sp³-hybridized carbons (Fsp3) is 0.500. The van der Waals surface area contributed by atoms with Gasteiger partial charge in [0.25, 0.3) is 0 Å². The van der Waals surface area contributed by atoms with Gasteiger partial charge in [-0.1, -0.05) is 22.0 Å². The van der Waals surface area contributed by atoms with E-state index in [1.807, 2.05) is 12.1 Å². The van der Waals surface area contributed by atoms with Crippen molar-refractivity contribution in [2.24, 2.45) is 0 Å². The normalized spacial score (nSPS) is 20.5. The van der Waals surface area contributed by atoms with Crippen molar-refractivity contribution in [3.63, 3.8) is 0 Å². The van der Waals surface area contributed by atoms with E-state index in [1.54, 1.807) is 0 Å². The molecular formula is C12H16BrNO. The number of halogens is 1. The second kappa shape index (κ2) is 4.99. The van der Waals surface area contributed by atoms with E-state index in [1.165, 1.54) is 18.4 Å². The zero-order chi connectivity index (χ0) is 10.7. The highest BCUT2D eigenvalue weighted by Gasteiger charge is 2.14. The zero-order valence-corrected chi connectivity index (χ0v) is 10.5. The first-order valence-corrected chi connectivity index (χ1v) is 6.17. The molecule has 1 aromatic carbocycles. The summed E-state index contributed by atoms with van der Waals surface area (Å²) in [6, 6.07) is 6.67. The highest BCUT2D eigenvalue weighted by Crippen LogP contribution is 2.23. The van der Waals surface area contributed by atoms with Crippen molar-refractivity contribution < 1.29 is 4.74 Å². The molecule has 2 rings (SSSR count). The van der Waals surface area contributed by atoms with Gasteiger partial charge in [-0.2, -0.15) is 0 Å². The number of ether oxygens (including phenoxy) is 1. The molecule has 1 N–H and O–H groups in total. The summed E-state index contributed by atoms with van der Waals surface area (Å²) >= 11 is 3.45. The summed E-state index contributed by atoms with van der Waals surface area (Å²) in [7, 11) is 0. The molecule has 1 atom stereocenters. The van der Waals surface area contributed by atoms with Gasteiger partial charge in [-0.15, -0.1) is 0 Å². The molecule has 1 fully saturated rings. The van der Waals surface area contributed by atoms with Gasteiger partial charge in [-0.25, -0.2) is 0 Å². The molecule has 0 radical (unpaired) electrons. The molecule has 0 unspecified atom stereocenters. The predicted octanol–water partition coefficient (Wildman–Crippen LogP) is 2.89. The summed E-state index contributed by atoms with van der Waals surface area (Å²) < 4.78 is 6.88. The summed E-state index contributed by atoms with van der Waals surface area (Å²) in [5.74, 6) is 0.984. The summed E-state index contributed by atoms with van der Waals surface area (Å²) in [5.41, 5.74) is 1.19. The van der Waals surface area contributed by atoms with Gasteiger partial charge >= 0.3 is 0 Å². The number of hydrogen-bond acceptors (Lipinski definition) is 2. The van der Waals surface area contributed by atoms with Crippen LogP contribution in [0.3, 0.4) is 0 Å². The lowest BCUT2D eigenvalue weighted by molar-refractivity contribution is 0.275. The fourth-order valence-electron chi connectivity index (χ4n) is 1.82. The second-order valence-electron chi connectivity index (χ2n) is 4.01. The van der Waals surface area contributed by atoms with Gasteiger partial charge in [0, 0.05) is 10.5 Å². The van der Waals surface area contributed by atoms with Crippen LogP contribution < -0.4 is 10.1 Å². The lowest BCUT2D eigenvalue weighted by atomic mass is 10.2. The Labute approximate surface area is 99.1 Å². The van der Waals surface area contributed by atoms with Gasteiger partial charge in [-0.05, 0) is 44.0 Å². The van der Waals surface area contributed by atoms with E-state index in [4.69, 9.17) is 4.74 Å². The van der Waals surface area contributed by atoms with Crippen LogP contribution in [0, 0.1) is 6.92 Å². The van der Waals surface area contributed by atoms with Gasteiger partial charge in [-0.3, -0.25) is 0 Å². The van der Waals surface area contributed by atoms with Crippen LogP contribution >= 0.6 is 15.9 Å². The minimum Gasteiger partial charge on any atom is -0.492 e. The topological polar surface area (TPSA) is 21.3 Å². The third kappa shape index (κ3) is 2.95. The number of aryl methyl sites for hydroxylation is 1. The van der Waals surface area contributed by atoms with E-state index >= 15 is 0 Å². The van der Waals surface area contributed by atoms with Crippen LogP contribution in [-0.4, -0.2) is 19.2 Å². The van der Waals surface area contributed by atoms with Crippen molar-refractivity contribution in [1.29, 1.82) is 0 Å². The van der Waals surface area contributed by atoms with Gasteiger partial charge in [0.15, 0.2) is 0 Å². The second-order valence-corrected chi connectivity index (χ2v) is 4.93. The summed E-state index contributed by atoms with van der Waals surface area (Å²) in [5, 5.41) is 3.42. The Morgan fingerprint density at radius 1 is 1.53 bits per heavy atom. The first kappa shape index (κ1) is 11.0. The van der Waals surface area contributed by atoms with E-state index in [-0.39, 0.29) is 0 Å². The molecule has 1 aliphatic rings. The van der Waals surface area contributed by atoms with Crippen LogP contribution in [0.25, 0.3) is 0 Å². The molecule has 1 aromatic rings. The Balaban J connectivity index is 1.94. The molecule has 1 aliphatic heterocycles. The molecule has 1 heterocycles. The Morgan fingerprint density at radius 2 is 2.40 bits per heavy atom. The third-order valence-electron chi connectivity index (χ3n) is 2.75. The zero-order valence-electron chi connectivity index (χ0n) is 8.92. The van der Waals surface area contributed by atoms with Crippen molar-refractivity contribution in [3.05, 3.63) is 28.2 Å². The highest BCUT2D eigenvalue weighted by molar-refractivity contribution is 9.10. The van der Waals surface area contributed by atoms with E-state index in [2.05, 4.69) is 34.2 Å². The minimum atomic E-state index is 0.531. The Bertz CT molecular complexity index is 334. The Kier molecular flexibility index (Phi) is 3.65. The molecule has 0 bridgehead atoms. The summed E-state index contributed by atoms with van der Waals surface area (Å²) in [4.78, 5) is 0. The lowest BCUT2D eigenvalue weighted by Gasteiger charge is -2.13. The maximum Gasteiger partial charge on any atom is 0.123 e. The number of benzene rings is 1. The number of nitrogens with one attached hydrogen (secondary N) is 1. The minimum absolute atomic E-state index is 0.531. The predicted molar refractivity (Wildman–Crippen MR) is 65.4 cm³/mol. The average molecular weight is 270 g/mol. The molecule has 0 spiro atoms. The summed E-state index contributed by atoms with van der Waals surface area (Å²) in [6.07, 6.45) is 2.50. The van der Waals surface area contributed by atoms with Crippen molar-refractivity contribution in [1.82, 2.24) is 5.32 Å². The largest absolute Gasteiger partial charge is 0.492 e. The molecule has 0 aromatic heterocycles. The van der Waals surface area contributed by atoms with Gasteiger partial charge in [0.2, 0.25) is 0 Å². The van der Waals surface area contributed by atoms with Crippen LogP contribution in [0.4, 0.5) is 0 Å². The maximum absolute atomic E-state index is 5.81. The van der Waals surface area contributed by atoms with Gasteiger partial charge < -0.3 is 10.1 Å². The van der Waals surface area contributed by atoms with Gasteiger partial charge in [0.05, 0.1) is 0 Å². The molecule has 0 saturated carbocycles. The maximum atomic E-state index is 5.81. The van der Waals surface area contributed by atoms with Crippen molar-refractivity contribution >= 4 is 15.9 Å². The molecule has 0 aliphatic carbocycles. The van der Waals surface area contributed by atoms with Crippen LogP contribution in [-0.2, 0) is 0 Å². The van der Waals surface area contributed by atoms with Crippen molar-refractivity contribution in [2.75, 3.05) is 13.2 Å². The van der Waals surface area contributed by atoms with E-state index < -0.39 is 0 Å². The van der Waals surface area contributed by atoms with Crippen LogP contribution in [0.1, 0.15) is 18.4 Å². The highest BCUT2D eigenvalue weighted by atomic mass is 79.9. The molecule has 0 amide bonds. The number of rotatable bonds is 3. The van der Waals surface area contributed by atoms with Gasteiger partial charge in [0.1, 0.15) is 12.4 Å². The Hall–Kier alpha value is -0.540. The monoisotopic (exact) mass is 269 g/mol. The van der Waals surface area contributed by atoms with Crippen LogP contribution in [0.2, 0.25) is 0 Å². The van der Waals surface area contributed by atoms with E-state index in [0.717, 1.165) is 23.4 Å².